The van der Waals surface area contributed by atoms with Crippen molar-refractivity contribution in [3.05, 3.63) is 88.1 Å². The smallest absolute Gasteiger partial charge is 0.262 e. The minimum atomic E-state index is -4.09. The maximum absolute atomic E-state index is 13.6. The molecule has 0 radical (unpaired) electrons. The Bertz CT molecular complexity index is 1450. The fraction of sp³-hybridized carbons (Fsp3) is 0.280. The third-order valence-corrected chi connectivity index (χ3v) is 7.93. The first-order valence-corrected chi connectivity index (χ1v) is 12.7. The molecule has 2 aliphatic rings. The summed E-state index contributed by atoms with van der Waals surface area (Å²) in [5, 5.41) is 0. The highest BCUT2D eigenvalue weighted by Gasteiger charge is 2.38. The van der Waals surface area contributed by atoms with Gasteiger partial charge in [-0.25, -0.2) is 12.8 Å². The van der Waals surface area contributed by atoms with Crippen molar-refractivity contribution < 1.29 is 22.3 Å². The van der Waals surface area contributed by atoms with Crippen LogP contribution < -0.4 is 15.0 Å². The van der Waals surface area contributed by atoms with Gasteiger partial charge < -0.3 is 14.2 Å². The fourth-order valence-corrected chi connectivity index (χ4v) is 6.13. The molecule has 1 amide bonds. The molecule has 0 aliphatic carbocycles. The van der Waals surface area contributed by atoms with E-state index in [2.05, 4.69) is 4.72 Å². The van der Waals surface area contributed by atoms with E-state index in [0.29, 0.717) is 36.6 Å². The molecule has 1 fully saturated rings. The number of sulfonamides is 1. The van der Waals surface area contributed by atoms with Gasteiger partial charge in [-0.05, 0) is 60.9 Å². The third-order valence-electron chi connectivity index (χ3n) is 6.56. The number of carbonyl (C=O) groups excluding carboxylic acids is 1. The van der Waals surface area contributed by atoms with Crippen LogP contribution in [0.3, 0.4) is 0 Å². The fourth-order valence-electron chi connectivity index (χ4n) is 5.02. The van der Waals surface area contributed by atoms with Crippen molar-refractivity contribution in [2.45, 2.75) is 23.8 Å². The quantitative estimate of drug-likeness (QED) is 0.584. The zero-order chi connectivity index (χ0) is 24.7. The molecule has 1 saturated heterocycles. The Labute approximate surface area is 202 Å². The number of carbonyl (C=O) groups is 1. The van der Waals surface area contributed by atoms with Crippen LogP contribution in [0.2, 0.25) is 0 Å². The predicted molar refractivity (Wildman–Crippen MR) is 128 cm³/mol. The molecular weight excluding hydrogens is 473 g/mol. The summed E-state index contributed by atoms with van der Waals surface area (Å²) in [5.41, 5.74) is 1.11. The highest BCUT2D eigenvalue weighted by atomic mass is 32.2. The lowest BCUT2D eigenvalue weighted by Crippen LogP contribution is -2.49. The standard InChI is InChI=1S/C25H24FN3O5S/c1-34-20-7-5-17(6-8-20)25(31)28-13-16-11-18(15-28)24-22(9-10-23(30)29(24)14-16)27-35(32,33)21-4-2-3-19(26)12-21/h2-10,12,16,18,27H,11,13-15H2,1H3/t16-,18-/m1/s1. The lowest BCUT2D eigenvalue weighted by Gasteiger charge is -2.43. The SMILES string of the molecule is COc1ccc(C(=O)N2C[C@H]3C[C@H](C2)c2c(NS(=O)(=O)c4cccc(F)c4)ccc(=O)n2C3)cc1. The molecule has 2 aromatic carbocycles. The van der Waals surface area contributed by atoms with E-state index in [1.54, 1.807) is 40.8 Å². The Hall–Kier alpha value is -3.66. The number of hydrogen-bond acceptors (Lipinski definition) is 5. The maximum atomic E-state index is 13.6. The van der Waals surface area contributed by atoms with Crippen molar-refractivity contribution in [3.63, 3.8) is 0 Å². The molecule has 3 heterocycles. The number of halogens is 1. The Kier molecular flexibility index (Phi) is 5.84. The lowest BCUT2D eigenvalue weighted by molar-refractivity contribution is 0.0595. The number of methoxy groups -OCH3 is 1. The Morgan fingerprint density at radius 1 is 1.06 bits per heavy atom. The van der Waals surface area contributed by atoms with E-state index < -0.39 is 15.8 Å². The first-order chi connectivity index (χ1) is 16.7. The molecular formula is C25H24FN3O5S. The summed E-state index contributed by atoms with van der Waals surface area (Å²) >= 11 is 0. The van der Waals surface area contributed by atoms with Crippen LogP contribution in [0, 0.1) is 11.7 Å². The number of likely N-dealkylation sites (tertiary alicyclic amines) is 1. The van der Waals surface area contributed by atoms with Gasteiger partial charge in [0.05, 0.1) is 23.4 Å². The number of nitrogens with zero attached hydrogens (tertiary/aromatic N) is 2. The molecule has 2 aliphatic heterocycles. The summed E-state index contributed by atoms with van der Waals surface area (Å²) in [7, 11) is -2.53. The van der Waals surface area contributed by atoms with Crippen molar-refractivity contribution >= 4 is 21.6 Å². The zero-order valence-corrected chi connectivity index (χ0v) is 19.8. The van der Waals surface area contributed by atoms with Crippen LogP contribution in [-0.4, -0.2) is 44.0 Å². The van der Waals surface area contributed by atoms with E-state index in [0.717, 1.165) is 12.5 Å². The predicted octanol–water partition coefficient (Wildman–Crippen LogP) is 3.06. The van der Waals surface area contributed by atoms with Gasteiger partial charge in [0, 0.05) is 37.2 Å². The van der Waals surface area contributed by atoms with Gasteiger partial charge >= 0.3 is 0 Å². The van der Waals surface area contributed by atoms with Crippen molar-refractivity contribution in [2.75, 3.05) is 24.9 Å². The summed E-state index contributed by atoms with van der Waals surface area (Å²) in [6.45, 7) is 1.23. The Morgan fingerprint density at radius 2 is 1.83 bits per heavy atom. The van der Waals surface area contributed by atoms with Gasteiger partial charge in [0.15, 0.2) is 0 Å². The Balaban J connectivity index is 1.46. The second kappa shape index (κ2) is 8.84. The molecule has 182 valence electrons. The molecule has 2 bridgehead atoms. The average molecular weight is 498 g/mol. The molecule has 1 aromatic heterocycles. The van der Waals surface area contributed by atoms with Crippen molar-refractivity contribution in [3.8, 4) is 5.75 Å². The normalized spacial score (nSPS) is 19.1. The highest BCUT2D eigenvalue weighted by molar-refractivity contribution is 7.92. The Morgan fingerprint density at radius 3 is 2.54 bits per heavy atom. The van der Waals surface area contributed by atoms with Crippen LogP contribution >= 0.6 is 0 Å². The molecule has 10 heteroatoms. The van der Waals surface area contributed by atoms with Crippen LogP contribution in [0.5, 0.6) is 5.75 Å². The van der Waals surface area contributed by atoms with Crippen LogP contribution in [0.15, 0.2) is 70.4 Å². The van der Waals surface area contributed by atoms with Gasteiger partial charge in [-0.3, -0.25) is 14.3 Å². The second-order valence-corrected chi connectivity index (χ2v) is 10.6. The number of amides is 1. The zero-order valence-electron chi connectivity index (χ0n) is 19.0. The number of fused-ring (bicyclic) bond motifs is 4. The van der Waals surface area contributed by atoms with Crippen molar-refractivity contribution in [2.24, 2.45) is 5.92 Å². The largest absolute Gasteiger partial charge is 0.497 e. The second-order valence-electron chi connectivity index (χ2n) is 8.88. The number of aromatic nitrogens is 1. The van der Waals surface area contributed by atoms with Gasteiger partial charge in [-0.15, -0.1) is 0 Å². The number of pyridine rings is 1. The number of rotatable bonds is 5. The summed E-state index contributed by atoms with van der Waals surface area (Å²) in [6, 6.07) is 14.4. The molecule has 1 N–H and O–H groups in total. The molecule has 35 heavy (non-hydrogen) atoms. The molecule has 2 atom stereocenters. The van der Waals surface area contributed by atoms with Gasteiger partial charge in [-0.2, -0.15) is 0 Å². The van der Waals surface area contributed by atoms with Crippen molar-refractivity contribution in [1.82, 2.24) is 9.47 Å². The molecule has 0 unspecified atom stereocenters. The number of benzene rings is 2. The number of ether oxygens (including phenoxy) is 1. The highest BCUT2D eigenvalue weighted by Crippen LogP contribution is 2.39. The summed E-state index contributed by atoms with van der Waals surface area (Å²) < 4.78 is 48.9. The van der Waals surface area contributed by atoms with Crippen LogP contribution in [0.25, 0.3) is 0 Å². The first-order valence-electron chi connectivity index (χ1n) is 11.2. The monoisotopic (exact) mass is 497 g/mol. The first kappa shape index (κ1) is 23.1. The topological polar surface area (TPSA) is 97.7 Å². The summed E-state index contributed by atoms with van der Waals surface area (Å²) in [4.78, 5) is 27.4. The number of anilines is 1. The lowest BCUT2D eigenvalue weighted by atomic mass is 9.82. The summed E-state index contributed by atoms with van der Waals surface area (Å²) in [6.07, 6.45) is 0.727. The molecule has 5 rings (SSSR count). The van der Waals surface area contributed by atoms with Gasteiger partial charge in [0.25, 0.3) is 21.5 Å². The molecule has 3 aromatic rings. The molecule has 8 nitrogen and oxygen atoms in total. The van der Waals surface area contributed by atoms with Crippen LogP contribution in [0.4, 0.5) is 10.1 Å². The average Bonchev–Trinajstić information content (AvgIpc) is 2.85. The van der Waals surface area contributed by atoms with Gasteiger partial charge in [0.2, 0.25) is 0 Å². The number of hydrogen-bond donors (Lipinski definition) is 1. The van der Waals surface area contributed by atoms with E-state index in [4.69, 9.17) is 4.74 Å². The minimum Gasteiger partial charge on any atom is -0.497 e. The number of piperidine rings is 1. The van der Waals surface area contributed by atoms with Gasteiger partial charge in [0.1, 0.15) is 11.6 Å². The molecule has 0 spiro atoms. The van der Waals surface area contributed by atoms with Crippen LogP contribution in [0.1, 0.15) is 28.4 Å². The van der Waals surface area contributed by atoms with E-state index in [-0.39, 0.29) is 33.9 Å². The van der Waals surface area contributed by atoms with E-state index in [9.17, 15) is 22.4 Å². The van der Waals surface area contributed by atoms with E-state index >= 15 is 0 Å². The van der Waals surface area contributed by atoms with Crippen LogP contribution in [-0.2, 0) is 16.6 Å². The number of nitrogens with one attached hydrogen (secondary N) is 1. The van der Waals surface area contributed by atoms with E-state index in [1.807, 2.05) is 0 Å². The summed E-state index contributed by atoms with van der Waals surface area (Å²) in [5.74, 6) is -0.307. The molecule has 0 saturated carbocycles. The van der Waals surface area contributed by atoms with E-state index in [1.165, 1.54) is 30.3 Å². The third kappa shape index (κ3) is 4.41. The maximum Gasteiger partial charge on any atom is 0.262 e. The van der Waals surface area contributed by atoms with Gasteiger partial charge in [-0.1, -0.05) is 6.07 Å². The van der Waals surface area contributed by atoms with Crippen molar-refractivity contribution in [1.29, 1.82) is 0 Å². The minimum absolute atomic E-state index is 0.0659.